The topological polar surface area (TPSA) is 92.6 Å². The molecule has 110 valence electrons. The van der Waals surface area contributed by atoms with Crippen molar-refractivity contribution >= 4 is 15.7 Å². The number of rotatable bonds is 4. The molecule has 0 bridgehead atoms. The molecule has 1 aromatic carbocycles. The van der Waals surface area contributed by atoms with Crippen molar-refractivity contribution in [2.45, 2.75) is 23.8 Å². The van der Waals surface area contributed by atoms with E-state index in [1.165, 1.54) is 28.6 Å². The Balaban J connectivity index is 2.16. The molecule has 7 nitrogen and oxygen atoms in total. The van der Waals surface area contributed by atoms with Crippen molar-refractivity contribution in [3.63, 3.8) is 0 Å². The number of non-ortho nitro benzene ring substituents is 1. The van der Waals surface area contributed by atoms with Gasteiger partial charge in [0, 0.05) is 31.3 Å². The summed E-state index contributed by atoms with van der Waals surface area (Å²) in [4.78, 5) is 10.1. The maximum absolute atomic E-state index is 12.4. The standard InChI is InChI=1S/C12H17N3O4S/c1-13-10-6-8-14(9-7-10)20(18,19)12-4-2-11(3-5-12)15(16)17/h2-5,10,13H,6-9H2,1H3. The molecule has 1 aliphatic heterocycles. The van der Waals surface area contributed by atoms with Crippen LogP contribution in [0.25, 0.3) is 0 Å². The SMILES string of the molecule is CNC1CCN(S(=O)(=O)c2ccc([N+](=O)[O-])cc2)CC1. The van der Waals surface area contributed by atoms with E-state index in [4.69, 9.17) is 0 Å². The van der Waals surface area contributed by atoms with Crippen LogP contribution in [-0.4, -0.2) is 43.8 Å². The number of hydrogen-bond acceptors (Lipinski definition) is 5. The lowest BCUT2D eigenvalue weighted by molar-refractivity contribution is -0.384. The lowest BCUT2D eigenvalue weighted by Crippen LogP contribution is -2.43. The van der Waals surface area contributed by atoms with Gasteiger partial charge in [0.05, 0.1) is 9.82 Å². The fourth-order valence-electron chi connectivity index (χ4n) is 2.27. The molecule has 1 heterocycles. The van der Waals surface area contributed by atoms with E-state index in [0.29, 0.717) is 19.1 Å². The van der Waals surface area contributed by atoms with Gasteiger partial charge in [0.15, 0.2) is 0 Å². The number of sulfonamides is 1. The highest BCUT2D eigenvalue weighted by atomic mass is 32.2. The highest BCUT2D eigenvalue weighted by Gasteiger charge is 2.29. The van der Waals surface area contributed by atoms with E-state index < -0.39 is 14.9 Å². The zero-order valence-corrected chi connectivity index (χ0v) is 12.0. The molecule has 1 aliphatic rings. The van der Waals surface area contributed by atoms with E-state index in [1.54, 1.807) is 0 Å². The van der Waals surface area contributed by atoms with Crippen LogP contribution in [0.15, 0.2) is 29.2 Å². The van der Waals surface area contributed by atoms with Crippen molar-refractivity contribution in [3.8, 4) is 0 Å². The van der Waals surface area contributed by atoms with E-state index >= 15 is 0 Å². The molecule has 1 aromatic rings. The van der Waals surface area contributed by atoms with Crippen LogP contribution >= 0.6 is 0 Å². The monoisotopic (exact) mass is 299 g/mol. The van der Waals surface area contributed by atoms with Crippen LogP contribution < -0.4 is 5.32 Å². The maximum atomic E-state index is 12.4. The molecule has 0 spiro atoms. The lowest BCUT2D eigenvalue weighted by atomic mass is 10.1. The number of benzene rings is 1. The molecule has 8 heteroatoms. The van der Waals surface area contributed by atoms with Gasteiger partial charge < -0.3 is 5.32 Å². The minimum absolute atomic E-state index is 0.103. The van der Waals surface area contributed by atoms with E-state index in [1.807, 2.05) is 7.05 Å². The molecule has 0 aliphatic carbocycles. The molecular weight excluding hydrogens is 282 g/mol. The minimum atomic E-state index is -3.55. The van der Waals surface area contributed by atoms with Gasteiger partial charge >= 0.3 is 0 Å². The largest absolute Gasteiger partial charge is 0.317 e. The zero-order valence-electron chi connectivity index (χ0n) is 11.2. The Hall–Kier alpha value is -1.51. The molecular formula is C12H17N3O4S. The molecule has 1 N–H and O–H groups in total. The summed E-state index contributed by atoms with van der Waals surface area (Å²) in [5.41, 5.74) is -0.113. The Labute approximate surface area is 117 Å². The molecule has 1 fully saturated rings. The van der Waals surface area contributed by atoms with Crippen LogP contribution in [0.1, 0.15) is 12.8 Å². The predicted molar refractivity (Wildman–Crippen MR) is 73.9 cm³/mol. The molecule has 0 amide bonds. The summed E-state index contributed by atoms with van der Waals surface area (Å²) in [6.45, 7) is 0.926. The summed E-state index contributed by atoms with van der Waals surface area (Å²) >= 11 is 0. The normalized spacial score (nSPS) is 18.1. The third-order valence-electron chi connectivity index (χ3n) is 3.55. The highest BCUT2D eigenvalue weighted by Crippen LogP contribution is 2.22. The first kappa shape index (κ1) is 14.9. The number of nitrogens with one attached hydrogen (secondary N) is 1. The van der Waals surface area contributed by atoms with Crippen molar-refractivity contribution in [2.24, 2.45) is 0 Å². The number of hydrogen-bond donors (Lipinski definition) is 1. The van der Waals surface area contributed by atoms with Gasteiger partial charge in [-0.25, -0.2) is 8.42 Å². The Morgan fingerprint density at radius 1 is 1.25 bits per heavy atom. The molecule has 0 unspecified atom stereocenters. The van der Waals surface area contributed by atoms with E-state index in [0.717, 1.165) is 12.8 Å². The molecule has 0 aromatic heterocycles. The zero-order chi connectivity index (χ0) is 14.8. The minimum Gasteiger partial charge on any atom is -0.317 e. The van der Waals surface area contributed by atoms with Gasteiger partial charge in [0.2, 0.25) is 10.0 Å². The van der Waals surface area contributed by atoms with Crippen molar-refractivity contribution in [2.75, 3.05) is 20.1 Å². The van der Waals surface area contributed by atoms with Crippen molar-refractivity contribution in [1.82, 2.24) is 9.62 Å². The molecule has 0 saturated carbocycles. The first-order valence-electron chi connectivity index (χ1n) is 6.37. The molecule has 2 rings (SSSR count). The van der Waals surface area contributed by atoms with Crippen molar-refractivity contribution in [3.05, 3.63) is 34.4 Å². The fraction of sp³-hybridized carbons (Fsp3) is 0.500. The van der Waals surface area contributed by atoms with E-state index in [9.17, 15) is 18.5 Å². The Morgan fingerprint density at radius 2 is 1.80 bits per heavy atom. The predicted octanol–water partition coefficient (Wildman–Crippen LogP) is 0.967. The van der Waals surface area contributed by atoms with Gasteiger partial charge in [-0.1, -0.05) is 0 Å². The van der Waals surface area contributed by atoms with Gasteiger partial charge in [-0.2, -0.15) is 4.31 Å². The van der Waals surface area contributed by atoms with Gasteiger partial charge in [0.1, 0.15) is 0 Å². The van der Waals surface area contributed by atoms with Gasteiger partial charge in [-0.05, 0) is 32.0 Å². The Kier molecular flexibility index (Phi) is 4.36. The molecule has 1 saturated heterocycles. The van der Waals surface area contributed by atoms with Crippen LogP contribution in [0.2, 0.25) is 0 Å². The third-order valence-corrected chi connectivity index (χ3v) is 5.46. The number of nitrogens with zero attached hydrogens (tertiary/aromatic N) is 2. The summed E-state index contributed by atoms with van der Waals surface area (Å²) in [6, 6.07) is 5.36. The summed E-state index contributed by atoms with van der Waals surface area (Å²) in [5, 5.41) is 13.7. The smallest absolute Gasteiger partial charge is 0.269 e. The second kappa shape index (κ2) is 5.86. The lowest BCUT2D eigenvalue weighted by Gasteiger charge is -2.30. The first-order valence-corrected chi connectivity index (χ1v) is 7.81. The van der Waals surface area contributed by atoms with Crippen LogP contribution in [0.5, 0.6) is 0 Å². The van der Waals surface area contributed by atoms with Crippen LogP contribution in [0.3, 0.4) is 0 Å². The second-order valence-corrected chi connectivity index (χ2v) is 6.66. The van der Waals surface area contributed by atoms with Crippen LogP contribution in [-0.2, 0) is 10.0 Å². The summed E-state index contributed by atoms with van der Waals surface area (Å²) < 4.78 is 26.2. The summed E-state index contributed by atoms with van der Waals surface area (Å²) in [5.74, 6) is 0. The van der Waals surface area contributed by atoms with Crippen LogP contribution in [0.4, 0.5) is 5.69 Å². The number of piperidine rings is 1. The highest BCUT2D eigenvalue weighted by molar-refractivity contribution is 7.89. The quantitative estimate of drug-likeness (QED) is 0.660. The molecule has 0 atom stereocenters. The fourth-order valence-corrected chi connectivity index (χ4v) is 3.74. The van der Waals surface area contributed by atoms with Crippen molar-refractivity contribution < 1.29 is 13.3 Å². The van der Waals surface area contributed by atoms with Gasteiger partial charge in [-0.3, -0.25) is 10.1 Å². The van der Waals surface area contributed by atoms with Crippen LogP contribution in [0, 0.1) is 10.1 Å². The average Bonchev–Trinajstić information content (AvgIpc) is 2.47. The Morgan fingerprint density at radius 3 is 2.25 bits per heavy atom. The first-order chi connectivity index (χ1) is 9.45. The van der Waals surface area contributed by atoms with E-state index in [-0.39, 0.29) is 10.6 Å². The Bertz CT molecular complexity index is 577. The summed E-state index contributed by atoms with van der Waals surface area (Å²) in [7, 11) is -1.69. The van der Waals surface area contributed by atoms with Gasteiger partial charge in [0.25, 0.3) is 5.69 Å². The molecule has 0 radical (unpaired) electrons. The summed E-state index contributed by atoms with van der Waals surface area (Å²) in [6.07, 6.45) is 1.53. The second-order valence-electron chi connectivity index (χ2n) is 4.72. The van der Waals surface area contributed by atoms with E-state index in [2.05, 4.69) is 5.32 Å². The maximum Gasteiger partial charge on any atom is 0.269 e. The molecule has 20 heavy (non-hydrogen) atoms. The number of nitro groups is 1. The van der Waals surface area contributed by atoms with Gasteiger partial charge in [-0.15, -0.1) is 0 Å². The van der Waals surface area contributed by atoms with Crippen molar-refractivity contribution in [1.29, 1.82) is 0 Å². The number of nitro benzene ring substituents is 1. The third kappa shape index (κ3) is 2.97. The average molecular weight is 299 g/mol.